The van der Waals surface area contributed by atoms with Gasteiger partial charge in [-0.3, -0.25) is 9.36 Å². The van der Waals surface area contributed by atoms with Crippen molar-refractivity contribution in [1.29, 1.82) is 0 Å². The minimum absolute atomic E-state index is 0.688. The molecule has 0 radical (unpaired) electrons. The summed E-state index contributed by atoms with van der Waals surface area (Å²) >= 11 is 0. The minimum Gasteiger partial charge on any atom is -0.300 e. The van der Waals surface area contributed by atoms with Crippen LogP contribution < -0.4 is 0 Å². The van der Waals surface area contributed by atoms with Crippen molar-refractivity contribution in [2.75, 3.05) is 0 Å². The van der Waals surface area contributed by atoms with Crippen molar-refractivity contribution in [3.8, 4) is 17.1 Å². The molecule has 3 aromatic rings. The highest BCUT2D eigenvalue weighted by atomic mass is 16.1. The molecular formula is C17H14N2O. The van der Waals surface area contributed by atoms with E-state index in [1.54, 1.807) is 6.20 Å². The van der Waals surface area contributed by atoms with Gasteiger partial charge < -0.3 is 0 Å². The molecule has 0 aliphatic rings. The highest BCUT2D eigenvalue weighted by Crippen LogP contribution is 2.23. The zero-order chi connectivity index (χ0) is 13.9. The summed E-state index contributed by atoms with van der Waals surface area (Å²) in [6, 6.07) is 15.7. The van der Waals surface area contributed by atoms with Gasteiger partial charge in [-0.2, -0.15) is 0 Å². The molecule has 0 atom stereocenters. The molecule has 0 aliphatic carbocycles. The van der Waals surface area contributed by atoms with Crippen molar-refractivity contribution >= 4 is 6.29 Å². The third-order valence-electron chi connectivity index (χ3n) is 3.29. The van der Waals surface area contributed by atoms with Gasteiger partial charge in [-0.25, -0.2) is 4.98 Å². The molecule has 0 N–H and O–H groups in total. The summed E-state index contributed by atoms with van der Waals surface area (Å²) in [5, 5.41) is 0. The summed E-state index contributed by atoms with van der Waals surface area (Å²) in [5.74, 6) is 0.896. The molecule has 3 heteroatoms. The number of imidazole rings is 1. The van der Waals surface area contributed by atoms with Crippen molar-refractivity contribution in [3.05, 3.63) is 72.1 Å². The van der Waals surface area contributed by atoms with Crippen LogP contribution in [-0.4, -0.2) is 15.8 Å². The first-order valence-corrected chi connectivity index (χ1v) is 6.44. The first kappa shape index (κ1) is 12.4. The fourth-order valence-electron chi connectivity index (χ4n) is 2.32. The Hall–Kier alpha value is -2.68. The minimum atomic E-state index is 0.688. The third kappa shape index (κ3) is 2.14. The number of aryl methyl sites for hydroxylation is 1. The van der Waals surface area contributed by atoms with Crippen LogP contribution >= 0.6 is 0 Å². The van der Waals surface area contributed by atoms with Crippen molar-refractivity contribution in [1.82, 2.24) is 9.55 Å². The van der Waals surface area contributed by atoms with E-state index in [0.717, 1.165) is 28.9 Å². The van der Waals surface area contributed by atoms with Gasteiger partial charge in [0.2, 0.25) is 0 Å². The van der Waals surface area contributed by atoms with Crippen LogP contribution in [0.25, 0.3) is 17.1 Å². The number of hydrogen-bond donors (Lipinski definition) is 0. The van der Waals surface area contributed by atoms with Gasteiger partial charge in [-0.15, -0.1) is 0 Å². The maximum Gasteiger partial charge on any atom is 0.150 e. The molecule has 0 unspecified atom stereocenters. The number of carbonyl (C=O) groups is 1. The lowest BCUT2D eigenvalue weighted by Gasteiger charge is -2.11. The molecule has 3 nitrogen and oxygen atoms in total. The lowest BCUT2D eigenvalue weighted by atomic mass is 10.1. The molecule has 0 bridgehead atoms. The Labute approximate surface area is 117 Å². The van der Waals surface area contributed by atoms with Gasteiger partial charge in [0.1, 0.15) is 12.1 Å². The SMILES string of the molecule is Cc1cc(C=O)ccc1-n1ccnc1-c1ccccc1. The zero-order valence-electron chi connectivity index (χ0n) is 11.2. The van der Waals surface area contributed by atoms with Crippen LogP contribution in [0.4, 0.5) is 0 Å². The van der Waals surface area contributed by atoms with Gasteiger partial charge in [-0.05, 0) is 30.7 Å². The molecule has 98 valence electrons. The molecule has 0 saturated heterocycles. The van der Waals surface area contributed by atoms with Crippen LogP contribution in [0.5, 0.6) is 0 Å². The van der Waals surface area contributed by atoms with E-state index >= 15 is 0 Å². The maximum atomic E-state index is 10.8. The van der Waals surface area contributed by atoms with E-state index in [2.05, 4.69) is 4.98 Å². The molecule has 0 fully saturated rings. The molecule has 0 aliphatic heterocycles. The Balaban J connectivity index is 2.13. The highest BCUT2D eigenvalue weighted by Gasteiger charge is 2.09. The smallest absolute Gasteiger partial charge is 0.150 e. The summed E-state index contributed by atoms with van der Waals surface area (Å²) in [6.07, 6.45) is 4.59. The molecule has 0 amide bonds. The molecule has 1 heterocycles. The second kappa shape index (κ2) is 5.13. The summed E-state index contributed by atoms with van der Waals surface area (Å²) in [7, 11) is 0. The summed E-state index contributed by atoms with van der Waals surface area (Å²) in [6.45, 7) is 2.00. The van der Waals surface area contributed by atoms with Crippen molar-refractivity contribution < 1.29 is 4.79 Å². The van der Waals surface area contributed by atoms with Gasteiger partial charge in [0, 0.05) is 23.5 Å². The summed E-state index contributed by atoms with van der Waals surface area (Å²) < 4.78 is 2.04. The number of aldehydes is 1. The Kier molecular flexibility index (Phi) is 3.17. The molecule has 3 rings (SSSR count). The van der Waals surface area contributed by atoms with E-state index in [4.69, 9.17) is 0 Å². The van der Waals surface area contributed by atoms with E-state index in [9.17, 15) is 4.79 Å². The Morgan fingerprint density at radius 2 is 1.90 bits per heavy atom. The topological polar surface area (TPSA) is 34.9 Å². The van der Waals surface area contributed by atoms with Gasteiger partial charge in [-0.1, -0.05) is 30.3 Å². The number of rotatable bonds is 3. The largest absolute Gasteiger partial charge is 0.300 e. The highest BCUT2D eigenvalue weighted by molar-refractivity contribution is 5.76. The fraction of sp³-hybridized carbons (Fsp3) is 0.0588. The van der Waals surface area contributed by atoms with Gasteiger partial charge in [0.05, 0.1) is 5.69 Å². The monoisotopic (exact) mass is 262 g/mol. The maximum absolute atomic E-state index is 10.8. The molecule has 0 saturated carbocycles. The van der Waals surface area contributed by atoms with E-state index in [1.807, 2.05) is 66.2 Å². The number of carbonyl (C=O) groups excluding carboxylic acids is 1. The quantitative estimate of drug-likeness (QED) is 0.675. The average Bonchev–Trinajstić information content (AvgIpc) is 2.97. The second-order valence-electron chi connectivity index (χ2n) is 4.65. The normalized spacial score (nSPS) is 10.4. The Morgan fingerprint density at radius 3 is 2.60 bits per heavy atom. The fourth-order valence-corrected chi connectivity index (χ4v) is 2.32. The Morgan fingerprint density at radius 1 is 1.10 bits per heavy atom. The van der Waals surface area contributed by atoms with Crippen molar-refractivity contribution in [3.63, 3.8) is 0 Å². The van der Waals surface area contributed by atoms with E-state index in [-0.39, 0.29) is 0 Å². The lowest BCUT2D eigenvalue weighted by molar-refractivity contribution is 0.112. The van der Waals surface area contributed by atoms with Crippen LogP contribution in [0.15, 0.2) is 60.9 Å². The zero-order valence-corrected chi connectivity index (χ0v) is 11.2. The predicted octanol–water partition coefficient (Wildman–Crippen LogP) is 3.66. The van der Waals surface area contributed by atoms with Crippen LogP contribution in [0.2, 0.25) is 0 Å². The predicted molar refractivity (Wildman–Crippen MR) is 79.1 cm³/mol. The number of aromatic nitrogens is 2. The van der Waals surface area contributed by atoms with Crippen LogP contribution in [0.1, 0.15) is 15.9 Å². The van der Waals surface area contributed by atoms with Gasteiger partial charge >= 0.3 is 0 Å². The van der Waals surface area contributed by atoms with E-state index in [1.165, 1.54) is 0 Å². The summed E-state index contributed by atoms with van der Waals surface area (Å²) in [5.41, 5.74) is 3.83. The van der Waals surface area contributed by atoms with Crippen molar-refractivity contribution in [2.45, 2.75) is 6.92 Å². The first-order valence-electron chi connectivity index (χ1n) is 6.44. The average molecular weight is 262 g/mol. The first-order chi connectivity index (χ1) is 9.79. The lowest BCUT2D eigenvalue weighted by Crippen LogP contribution is -1.99. The van der Waals surface area contributed by atoms with E-state index in [0.29, 0.717) is 5.56 Å². The van der Waals surface area contributed by atoms with E-state index < -0.39 is 0 Å². The summed E-state index contributed by atoms with van der Waals surface area (Å²) in [4.78, 5) is 15.3. The standard InChI is InChI=1S/C17H14N2O/c1-13-11-14(12-20)7-8-16(13)19-10-9-18-17(19)15-5-3-2-4-6-15/h2-12H,1H3. The molecule has 1 aromatic heterocycles. The second-order valence-corrected chi connectivity index (χ2v) is 4.65. The third-order valence-corrected chi connectivity index (χ3v) is 3.29. The van der Waals surface area contributed by atoms with Crippen LogP contribution in [-0.2, 0) is 0 Å². The number of benzene rings is 2. The number of nitrogens with zero attached hydrogens (tertiary/aromatic N) is 2. The number of hydrogen-bond acceptors (Lipinski definition) is 2. The molecule has 20 heavy (non-hydrogen) atoms. The van der Waals surface area contributed by atoms with Crippen LogP contribution in [0, 0.1) is 6.92 Å². The van der Waals surface area contributed by atoms with Gasteiger partial charge in [0.25, 0.3) is 0 Å². The van der Waals surface area contributed by atoms with Crippen LogP contribution in [0.3, 0.4) is 0 Å². The molecule has 2 aromatic carbocycles. The van der Waals surface area contributed by atoms with Gasteiger partial charge in [0.15, 0.2) is 0 Å². The molecule has 0 spiro atoms. The Bertz CT molecular complexity index is 745. The van der Waals surface area contributed by atoms with Crippen molar-refractivity contribution in [2.24, 2.45) is 0 Å². The molecular weight excluding hydrogens is 248 g/mol.